The first-order valence-corrected chi connectivity index (χ1v) is 13.6. The molecule has 36 heavy (non-hydrogen) atoms. The summed E-state index contributed by atoms with van der Waals surface area (Å²) in [6.07, 6.45) is 3.09. The van der Waals surface area contributed by atoms with E-state index < -0.39 is 21.9 Å². The lowest BCUT2D eigenvalue weighted by atomic mass is 9.94. The number of carboxylic acids is 1. The Morgan fingerprint density at radius 2 is 1.89 bits per heavy atom. The fraction of sp³-hybridized carbons (Fsp3) is 0.500. The third-order valence-electron chi connectivity index (χ3n) is 6.93. The van der Waals surface area contributed by atoms with Crippen LogP contribution in [0.1, 0.15) is 61.0 Å². The summed E-state index contributed by atoms with van der Waals surface area (Å²) in [4.78, 5) is 11.8. The molecule has 0 aromatic heterocycles. The topological polar surface area (TPSA) is 93.1 Å². The molecule has 1 saturated heterocycles. The Bertz CT molecular complexity index is 1220. The van der Waals surface area contributed by atoms with E-state index in [1.54, 1.807) is 0 Å². The van der Waals surface area contributed by atoms with Crippen LogP contribution in [-0.4, -0.2) is 45.4 Å². The van der Waals surface area contributed by atoms with E-state index in [0.717, 1.165) is 25.8 Å². The molecule has 0 aliphatic carbocycles. The van der Waals surface area contributed by atoms with Crippen molar-refractivity contribution in [1.82, 2.24) is 0 Å². The Labute approximate surface area is 210 Å². The number of benzene rings is 2. The molecular weight excluding hydrogens is 492 g/mol. The smallest absolute Gasteiger partial charge is 0.339 e. The van der Waals surface area contributed by atoms with Gasteiger partial charge in [0.15, 0.2) is 0 Å². The maximum Gasteiger partial charge on any atom is 0.339 e. The van der Waals surface area contributed by atoms with Crippen LogP contribution in [0, 0.1) is 5.92 Å². The van der Waals surface area contributed by atoms with Gasteiger partial charge in [0.25, 0.3) is 15.9 Å². The van der Waals surface area contributed by atoms with Crippen molar-refractivity contribution in [1.29, 1.82) is 0 Å². The highest BCUT2D eigenvalue weighted by molar-refractivity contribution is 7.92. The number of ether oxygens (including phenoxy) is 2. The SMILES string of the molecule is CCC1CCc2cc(C(C)(F)F)ccc2N1S(=O)(=O)c1ccc(OCC2CCOCC2)c(C(=O)O)c1. The summed E-state index contributed by atoms with van der Waals surface area (Å²) in [6.45, 7) is 4.24. The average molecular weight is 524 g/mol. The minimum Gasteiger partial charge on any atom is -0.492 e. The van der Waals surface area contributed by atoms with Crippen LogP contribution in [0.15, 0.2) is 41.3 Å². The lowest BCUT2D eigenvalue weighted by Crippen LogP contribution is -2.43. The van der Waals surface area contributed by atoms with E-state index in [2.05, 4.69) is 0 Å². The number of carbonyl (C=O) groups is 1. The first-order valence-electron chi connectivity index (χ1n) is 12.2. The Morgan fingerprint density at radius 3 is 2.53 bits per heavy atom. The van der Waals surface area contributed by atoms with E-state index in [1.807, 2.05) is 6.92 Å². The number of nitrogens with zero attached hydrogens (tertiary/aromatic N) is 1. The predicted octanol–water partition coefficient (Wildman–Crippen LogP) is 5.22. The lowest BCUT2D eigenvalue weighted by Gasteiger charge is -2.38. The zero-order chi connectivity index (χ0) is 26.1. The van der Waals surface area contributed by atoms with E-state index in [4.69, 9.17) is 9.47 Å². The zero-order valence-corrected chi connectivity index (χ0v) is 21.2. The van der Waals surface area contributed by atoms with Gasteiger partial charge in [0.2, 0.25) is 0 Å². The molecule has 0 amide bonds. The van der Waals surface area contributed by atoms with Gasteiger partial charge in [-0.05, 0) is 73.9 Å². The number of hydrogen-bond donors (Lipinski definition) is 1. The molecule has 0 spiro atoms. The summed E-state index contributed by atoms with van der Waals surface area (Å²) < 4.78 is 67.8. The van der Waals surface area contributed by atoms with Gasteiger partial charge in [-0.3, -0.25) is 4.31 Å². The Hall–Kier alpha value is -2.72. The molecule has 1 N–H and O–H groups in total. The second-order valence-corrected chi connectivity index (χ2v) is 11.3. The second kappa shape index (κ2) is 10.3. The zero-order valence-electron chi connectivity index (χ0n) is 20.4. The molecule has 2 aliphatic rings. The molecule has 2 heterocycles. The molecule has 196 valence electrons. The van der Waals surface area contributed by atoms with Crippen molar-refractivity contribution in [3.05, 3.63) is 53.1 Å². The minimum atomic E-state index is -4.18. The number of anilines is 1. The first-order chi connectivity index (χ1) is 17.0. The van der Waals surface area contributed by atoms with Crippen molar-refractivity contribution >= 4 is 21.7 Å². The van der Waals surface area contributed by atoms with E-state index in [9.17, 15) is 27.1 Å². The third kappa shape index (κ3) is 5.34. The maximum atomic E-state index is 13.9. The number of rotatable bonds is 8. The molecule has 7 nitrogen and oxygen atoms in total. The molecule has 10 heteroatoms. The predicted molar refractivity (Wildman–Crippen MR) is 131 cm³/mol. The van der Waals surface area contributed by atoms with E-state index in [0.29, 0.717) is 50.3 Å². The molecule has 1 unspecified atom stereocenters. The van der Waals surface area contributed by atoms with Gasteiger partial charge in [0, 0.05) is 31.7 Å². The largest absolute Gasteiger partial charge is 0.492 e. The molecule has 1 fully saturated rings. The van der Waals surface area contributed by atoms with Crippen molar-refractivity contribution in [3.63, 3.8) is 0 Å². The molecular formula is C26H31F2NO6S. The van der Waals surface area contributed by atoms with Crippen LogP contribution in [0.2, 0.25) is 0 Å². The Kier molecular flexibility index (Phi) is 7.56. The molecule has 2 aromatic carbocycles. The summed E-state index contributed by atoms with van der Waals surface area (Å²) in [6, 6.07) is 7.49. The monoisotopic (exact) mass is 523 g/mol. The number of sulfonamides is 1. The van der Waals surface area contributed by atoms with Crippen LogP contribution in [0.3, 0.4) is 0 Å². The van der Waals surface area contributed by atoms with Crippen molar-refractivity contribution in [2.75, 3.05) is 24.1 Å². The number of fused-ring (bicyclic) bond motifs is 1. The Balaban J connectivity index is 1.68. The van der Waals surface area contributed by atoms with Crippen LogP contribution in [0.25, 0.3) is 0 Å². The average Bonchev–Trinajstić information content (AvgIpc) is 2.86. The van der Waals surface area contributed by atoms with Crippen LogP contribution >= 0.6 is 0 Å². The van der Waals surface area contributed by atoms with Gasteiger partial charge in [-0.25, -0.2) is 22.0 Å². The molecule has 2 aromatic rings. The minimum absolute atomic E-state index is 0.105. The highest BCUT2D eigenvalue weighted by atomic mass is 32.2. The van der Waals surface area contributed by atoms with Gasteiger partial charge < -0.3 is 14.6 Å². The molecule has 0 saturated carbocycles. The van der Waals surface area contributed by atoms with E-state index in [1.165, 1.54) is 34.6 Å². The van der Waals surface area contributed by atoms with Crippen molar-refractivity contribution in [2.24, 2.45) is 5.92 Å². The fourth-order valence-corrected chi connectivity index (χ4v) is 6.62. The van der Waals surface area contributed by atoms with Gasteiger partial charge in [-0.15, -0.1) is 0 Å². The highest BCUT2D eigenvalue weighted by Gasteiger charge is 2.37. The van der Waals surface area contributed by atoms with Crippen LogP contribution < -0.4 is 9.04 Å². The number of aryl methyl sites for hydroxylation is 1. The van der Waals surface area contributed by atoms with Gasteiger partial charge in [-0.1, -0.05) is 13.0 Å². The van der Waals surface area contributed by atoms with Gasteiger partial charge in [0.1, 0.15) is 11.3 Å². The van der Waals surface area contributed by atoms with Gasteiger partial charge in [-0.2, -0.15) is 0 Å². The summed E-state index contributed by atoms with van der Waals surface area (Å²) in [7, 11) is -4.18. The number of aromatic carboxylic acids is 1. The highest BCUT2D eigenvalue weighted by Crippen LogP contribution is 2.40. The van der Waals surface area contributed by atoms with Crippen LogP contribution in [-0.2, 0) is 27.1 Å². The summed E-state index contributed by atoms with van der Waals surface area (Å²) in [5.74, 6) is -4.00. The van der Waals surface area contributed by atoms with Gasteiger partial charge >= 0.3 is 5.97 Å². The number of hydrogen-bond acceptors (Lipinski definition) is 5. The van der Waals surface area contributed by atoms with Crippen molar-refractivity contribution in [3.8, 4) is 5.75 Å². The molecule has 0 radical (unpaired) electrons. The molecule has 0 bridgehead atoms. The summed E-state index contributed by atoms with van der Waals surface area (Å²) in [5.41, 5.74) is 0.456. The summed E-state index contributed by atoms with van der Waals surface area (Å²) in [5, 5.41) is 9.79. The van der Waals surface area contributed by atoms with Crippen LogP contribution in [0.5, 0.6) is 5.75 Å². The number of alkyl halides is 2. The molecule has 2 aliphatic heterocycles. The normalized spacial score (nSPS) is 19.1. The lowest BCUT2D eigenvalue weighted by molar-refractivity contribution is 0.0174. The fourth-order valence-electron chi connectivity index (χ4n) is 4.80. The first kappa shape index (κ1) is 26.3. The quantitative estimate of drug-likeness (QED) is 0.510. The second-order valence-electron chi connectivity index (χ2n) is 9.46. The van der Waals surface area contributed by atoms with Crippen molar-refractivity contribution in [2.45, 2.75) is 62.8 Å². The van der Waals surface area contributed by atoms with Crippen molar-refractivity contribution < 1.29 is 36.6 Å². The molecule has 4 rings (SSSR count). The standard InChI is InChI=1S/C26H31F2NO6S/c1-3-20-6-4-18-14-19(26(2,27)28)5-8-23(18)29(20)36(32,33)21-7-9-24(22(15-21)25(30)31)35-16-17-10-12-34-13-11-17/h5,7-9,14-15,17,20H,3-4,6,10-13,16H2,1-2H3,(H,30,31). The van der Waals surface area contributed by atoms with E-state index in [-0.39, 0.29) is 33.7 Å². The number of halogens is 2. The van der Waals surface area contributed by atoms with Crippen LogP contribution in [0.4, 0.5) is 14.5 Å². The number of carboxylic acid groups (broad SMARTS) is 1. The third-order valence-corrected chi connectivity index (χ3v) is 8.79. The van der Waals surface area contributed by atoms with Gasteiger partial charge in [0.05, 0.1) is 17.2 Å². The summed E-state index contributed by atoms with van der Waals surface area (Å²) >= 11 is 0. The maximum absolute atomic E-state index is 13.9. The van der Waals surface area contributed by atoms with E-state index >= 15 is 0 Å². The Morgan fingerprint density at radius 1 is 1.17 bits per heavy atom. The molecule has 1 atom stereocenters.